The van der Waals surface area contributed by atoms with Crippen LogP contribution in [0.25, 0.3) is 10.9 Å². The number of carbonyl (C=O) groups excluding carboxylic acids is 2. The molecule has 12 heteroatoms. The van der Waals surface area contributed by atoms with Gasteiger partial charge in [-0.15, -0.1) is 0 Å². The molecule has 3 saturated heterocycles. The van der Waals surface area contributed by atoms with Gasteiger partial charge in [0.2, 0.25) is 5.56 Å². The molecule has 5 aromatic rings. The van der Waals surface area contributed by atoms with Crippen LogP contribution >= 0.6 is 0 Å². The number of nitrogens with one attached hydrogen (secondary N) is 4. The van der Waals surface area contributed by atoms with Crippen molar-refractivity contribution in [2.75, 3.05) is 38.1 Å². The molecule has 3 aliphatic heterocycles. The Balaban J connectivity index is 0.926. The van der Waals surface area contributed by atoms with Crippen molar-refractivity contribution in [3.63, 3.8) is 0 Å². The number of phenols is 1. The van der Waals surface area contributed by atoms with E-state index in [1.165, 1.54) is 12.1 Å². The molecule has 1 aromatic heterocycles. The number of rotatable bonds is 13. The van der Waals surface area contributed by atoms with Gasteiger partial charge in [0, 0.05) is 36.8 Å². The van der Waals surface area contributed by atoms with E-state index >= 15 is 0 Å². The van der Waals surface area contributed by atoms with Gasteiger partial charge in [-0.05, 0) is 90.5 Å². The van der Waals surface area contributed by atoms with Gasteiger partial charge >= 0.3 is 6.09 Å². The number of ether oxygens (including phenoxy) is 2. The summed E-state index contributed by atoms with van der Waals surface area (Å²) >= 11 is 0. The SMILES string of the molecule is O=C(COc1cccc([C@@H](NC(=O)OC2CN3CCC2CC3)c2ccccc2)c1)Nc1cccc(CNCC(O)c2ccc(O)c3[nH]c(=O)ccc23)c1. The maximum Gasteiger partial charge on any atom is 0.408 e. The molecule has 2 bridgehead atoms. The van der Waals surface area contributed by atoms with Crippen LogP contribution in [-0.2, 0) is 16.1 Å². The van der Waals surface area contributed by atoms with Crippen molar-refractivity contribution in [3.05, 3.63) is 136 Å². The van der Waals surface area contributed by atoms with Gasteiger partial charge in [0.15, 0.2) is 6.61 Å². The smallest absolute Gasteiger partial charge is 0.408 e. The molecule has 0 aliphatic carbocycles. The van der Waals surface area contributed by atoms with Crippen molar-refractivity contribution in [1.29, 1.82) is 0 Å². The zero-order valence-corrected chi connectivity index (χ0v) is 29.2. The van der Waals surface area contributed by atoms with Crippen LogP contribution < -0.4 is 26.2 Å². The number of aromatic amines is 1. The zero-order valence-electron chi connectivity index (χ0n) is 29.2. The van der Waals surface area contributed by atoms with E-state index in [0.29, 0.717) is 34.8 Å². The Morgan fingerprint density at radius 2 is 1.70 bits per heavy atom. The molecule has 3 atom stereocenters. The normalized spacial score (nSPS) is 18.9. The van der Waals surface area contributed by atoms with Gasteiger partial charge in [-0.25, -0.2) is 4.79 Å². The van der Waals surface area contributed by atoms with E-state index in [1.54, 1.807) is 24.3 Å². The maximum atomic E-state index is 13.2. The quantitative estimate of drug-likeness (QED) is 0.0985. The Bertz CT molecular complexity index is 2120. The zero-order chi connectivity index (χ0) is 36.7. The minimum atomic E-state index is -0.898. The molecule has 0 saturated carbocycles. The third kappa shape index (κ3) is 8.86. The van der Waals surface area contributed by atoms with Gasteiger partial charge in [0.1, 0.15) is 17.6 Å². The molecule has 4 heterocycles. The van der Waals surface area contributed by atoms with E-state index in [-0.39, 0.29) is 42.0 Å². The van der Waals surface area contributed by atoms with Gasteiger partial charge < -0.3 is 40.6 Å². The summed E-state index contributed by atoms with van der Waals surface area (Å²) in [5.41, 5.74) is 3.67. The molecule has 0 radical (unpaired) electrons. The highest BCUT2D eigenvalue weighted by Crippen LogP contribution is 2.31. The Hall–Kier alpha value is -5.69. The largest absolute Gasteiger partial charge is 0.506 e. The number of hydrogen-bond donors (Lipinski definition) is 6. The number of aromatic hydroxyl groups is 1. The fourth-order valence-corrected chi connectivity index (χ4v) is 7.24. The Morgan fingerprint density at radius 3 is 2.49 bits per heavy atom. The van der Waals surface area contributed by atoms with Gasteiger partial charge in [0.05, 0.1) is 17.7 Å². The summed E-state index contributed by atoms with van der Waals surface area (Å²) in [7, 11) is 0. The number of H-pyrrole nitrogens is 1. The van der Waals surface area contributed by atoms with E-state index in [1.807, 2.05) is 66.7 Å². The van der Waals surface area contributed by atoms with E-state index in [9.17, 15) is 24.6 Å². The van der Waals surface area contributed by atoms with Crippen molar-refractivity contribution in [2.45, 2.75) is 37.6 Å². The van der Waals surface area contributed by atoms with Crippen LogP contribution in [0.4, 0.5) is 10.5 Å². The van der Waals surface area contributed by atoms with E-state index < -0.39 is 18.2 Å². The summed E-state index contributed by atoms with van der Waals surface area (Å²) in [5, 5.41) is 30.7. The van der Waals surface area contributed by atoms with E-state index in [0.717, 1.165) is 49.2 Å². The number of hydrogen-bond acceptors (Lipinski definition) is 9. The summed E-state index contributed by atoms with van der Waals surface area (Å²) in [6, 6.07) is 29.9. The molecule has 2 amide bonds. The Labute approximate surface area is 306 Å². The van der Waals surface area contributed by atoms with E-state index in [4.69, 9.17) is 9.47 Å². The third-order valence-corrected chi connectivity index (χ3v) is 9.95. The van der Waals surface area contributed by atoms with Crippen molar-refractivity contribution in [2.24, 2.45) is 5.92 Å². The number of aromatic nitrogens is 1. The summed E-state index contributed by atoms with van der Waals surface area (Å²) in [4.78, 5) is 42.8. The lowest BCUT2D eigenvalue weighted by molar-refractivity contribution is -0.118. The first kappa shape index (κ1) is 35.7. The summed E-state index contributed by atoms with van der Waals surface area (Å²) in [6.07, 6.45) is 0.632. The van der Waals surface area contributed by atoms with Crippen molar-refractivity contribution in [3.8, 4) is 11.5 Å². The molecule has 12 nitrogen and oxygen atoms in total. The van der Waals surface area contributed by atoms with Gasteiger partial charge in [-0.3, -0.25) is 14.5 Å². The van der Waals surface area contributed by atoms with Gasteiger partial charge in [-0.2, -0.15) is 0 Å². The highest BCUT2D eigenvalue weighted by atomic mass is 16.6. The van der Waals surface area contributed by atoms with Crippen LogP contribution in [0, 0.1) is 5.92 Å². The number of pyridine rings is 1. The van der Waals surface area contributed by atoms with Crippen LogP contribution in [0.2, 0.25) is 0 Å². The molecule has 6 N–H and O–H groups in total. The first-order chi connectivity index (χ1) is 25.8. The number of nitrogens with zero attached hydrogens (tertiary/aromatic N) is 1. The Morgan fingerprint density at radius 1 is 0.906 bits per heavy atom. The lowest BCUT2D eigenvalue weighted by Crippen LogP contribution is -2.52. The first-order valence-corrected chi connectivity index (χ1v) is 17.9. The number of aliphatic hydroxyl groups is 1. The van der Waals surface area contributed by atoms with Crippen molar-refractivity contribution in [1.82, 2.24) is 20.5 Å². The van der Waals surface area contributed by atoms with Crippen LogP contribution in [0.5, 0.6) is 11.5 Å². The number of anilines is 1. The lowest BCUT2D eigenvalue weighted by atomic mass is 9.86. The third-order valence-electron chi connectivity index (χ3n) is 9.95. The molecule has 274 valence electrons. The predicted octanol–water partition coefficient (Wildman–Crippen LogP) is 4.98. The second-order valence-corrected chi connectivity index (χ2v) is 13.6. The highest BCUT2D eigenvalue weighted by Gasteiger charge is 2.37. The van der Waals surface area contributed by atoms with Crippen LogP contribution in [0.1, 0.15) is 47.2 Å². The second kappa shape index (κ2) is 16.3. The standard InChI is InChI=1S/C41H43N5O7/c47-34-14-12-32(33-13-15-37(49)44-40(33)34)35(48)23-42-22-26-6-4-10-30(20-26)43-38(50)25-52-31-11-5-9-29(21-31)39(28-7-2-1-3-8-28)45-41(51)53-36-24-46-18-16-27(36)17-19-46/h1-15,20-21,27,35-36,39,42,47-48H,16-19,22-25H2,(H,43,50)(H,44,49)(H,45,51)/t35?,36?,39-/m0/s1. The number of phenolic OH excluding ortho intramolecular Hbond substituents is 1. The molecule has 3 fully saturated rings. The monoisotopic (exact) mass is 717 g/mol. The van der Waals surface area contributed by atoms with Gasteiger partial charge in [0.25, 0.3) is 5.91 Å². The second-order valence-electron chi connectivity index (χ2n) is 13.6. The molecular formula is C41H43N5O7. The van der Waals surface area contributed by atoms with E-state index in [2.05, 4.69) is 25.8 Å². The number of aliphatic hydroxyl groups excluding tert-OH is 1. The molecule has 2 unspecified atom stereocenters. The highest BCUT2D eigenvalue weighted by molar-refractivity contribution is 5.92. The first-order valence-electron chi connectivity index (χ1n) is 17.9. The number of piperidine rings is 3. The molecule has 3 aliphatic rings. The maximum absolute atomic E-state index is 13.2. The number of alkyl carbamates (subject to hydrolysis) is 1. The minimum absolute atomic E-state index is 0.0677. The molecular weight excluding hydrogens is 674 g/mol. The fraction of sp³-hybridized carbons (Fsp3) is 0.293. The van der Waals surface area contributed by atoms with Crippen LogP contribution in [0.3, 0.4) is 0 Å². The topological polar surface area (TPSA) is 165 Å². The van der Waals surface area contributed by atoms with Crippen molar-refractivity contribution < 1.29 is 29.3 Å². The lowest BCUT2D eigenvalue weighted by Gasteiger charge is -2.43. The van der Waals surface area contributed by atoms with Crippen LogP contribution in [-0.4, -0.2) is 71.0 Å². The molecule has 53 heavy (non-hydrogen) atoms. The molecule has 4 aromatic carbocycles. The summed E-state index contributed by atoms with van der Waals surface area (Å²) in [5.74, 6) is 0.473. The minimum Gasteiger partial charge on any atom is -0.506 e. The summed E-state index contributed by atoms with van der Waals surface area (Å²) < 4.78 is 11.8. The number of amides is 2. The molecule has 8 rings (SSSR count). The molecule has 0 spiro atoms. The average Bonchev–Trinajstić information content (AvgIpc) is 3.17. The Kier molecular flexibility index (Phi) is 11.0. The number of fused-ring (bicyclic) bond motifs is 4. The van der Waals surface area contributed by atoms with Crippen LogP contribution in [0.15, 0.2) is 108 Å². The van der Waals surface area contributed by atoms with Gasteiger partial charge in [-0.1, -0.05) is 60.7 Å². The number of benzene rings is 4. The predicted molar refractivity (Wildman–Crippen MR) is 201 cm³/mol. The van der Waals surface area contributed by atoms with Crippen molar-refractivity contribution >= 4 is 28.6 Å². The number of carbonyl (C=O) groups is 2. The average molecular weight is 718 g/mol. The fourth-order valence-electron chi connectivity index (χ4n) is 7.24. The summed E-state index contributed by atoms with van der Waals surface area (Å²) in [6.45, 7) is 3.30.